The van der Waals surface area contributed by atoms with Crippen molar-refractivity contribution in [2.24, 2.45) is 0 Å². The Kier molecular flexibility index (Phi) is 5.02. The number of carbonyl (C=O) groups is 1. The van der Waals surface area contributed by atoms with Crippen molar-refractivity contribution >= 4 is 12.2 Å². The number of nitrogens with zero attached hydrogens (tertiary/aromatic N) is 1. The standard InChI is InChI=1S/C17H24N2O2/c1-17(2,3)21-16(20)19-12-11-18-13-15(19)10-9-14-7-5-4-6-8-14/h4-10,15,18H,11-13H2,1-3H3/t15-/m1/s1. The third kappa shape index (κ3) is 4.90. The second-order valence-corrected chi connectivity index (χ2v) is 6.22. The molecule has 1 aromatic carbocycles. The van der Waals surface area contributed by atoms with Gasteiger partial charge in [-0.1, -0.05) is 42.5 Å². The van der Waals surface area contributed by atoms with Crippen LogP contribution in [0.4, 0.5) is 4.79 Å². The van der Waals surface area contributed by atoms with Crippen LogP contribution >= 0.6 is 0 Å². The molecular formula is C17H24N2O2. The minimum atomic E-state index is -0.463. The molecule has 1 N–H and O–H groups in total. The quantitative estimate of drug-likeness (QED) is 0.910. The summed E-state index contributed by atoms with van der Waals surface area (Å²) in [5, 5.41) is 3.32. The van der Waals surface area contributed by atoms with Crippen molar-refractivity contribution in [3.05, 3.63) is 42.0 Å². The summed E-state index contributed by atoms with van der Waals surface area (Å²) in [5.41, 5.74) is 0.669. The molecule has 0 saturated carbocycles. The van der Waals surface area contributed by atoms with Crippen LogP contribution in [0.25, 0.3) is 6.08 Å². The van der Waals surface area contributed by atoms with Crippen LogP contribution in [0.2, 0.25) is 0 Å². The molecule has 1 aliphatic heterocycles. The SMILES string of the molecule is CC(C)(C)OC(=O)N1CCNC[C@H]1C=Cc1ccccc1. The third-order valence-corrected chi connectivity index (χ3v) is 3.22. The van der Waals surface area contributed by atoms with Crippen molar-refractivity contribution in [2.75, 3.05) is 19.6 Å². The van der Waals surface area contributed by atoms with Gasteiger partial charge in [0.05, 0.1) is 6.04 Å². The molecule has 0 spiro atoms. The molecule has 0 bridgehead atoms. The number of nitrogens with one attached hydrogen (secondary N) is 1. The summed E-state index contributed by atoms with van der Waals surface area (Å²) in [4.78, 5) is 14.1. The van der Waals surface area contributed by atoms with Gasteiger partial charge in [0.15, 0.2) is 0 Å². The highest BCUT2D eigenvalue weighted by Crippen LogP contribution is 2.14. The first-order valence-electron chi connectivity index (χ1n) is 7.39. The van der Waals surface area contributed by atoms with Gasteiger partial charge in [-0.05, 0) is 26.3 Å². The lowest BCUT2D eigenvalue weighted by Crippen LogP contribution is -2.53. The lowest BCUT2D eigenvalue weighted by Gasteiger charge is -2.35. The lowest BCUT2D eigenvalue weighted by molar-refractivity contribution is 0.0168. The molecule has 2 rings (SSSR count). The van der Waals surface area contributed by atoms with Crippen molar-refractivity contribution < 1.29 is 9.53 Å². The van der Waals surface area contributed by atoms with Gasteiger partial charge in [0.25, 0.3) is 0 Å². The zero-order chi connectivity index (χ0) is 15.3. The number of rotatable bonds is 2. The summed E-state index contributed by atoms with van der Waals surface area (Å²) in [6, 6.07) is 10.1. The molecular weight excluding hydrogens is 264 g/mol. The number of hydrogen-bond acceptors (Lipinski definition) is 3. The van der Waals surface area contributed by atoms with Crippen LogP contribution in [0, 0.1) is 0 Å². The zero-order valence-corrected chi connectivity index (χ0v) is 13.0. The van der Waals surface area contributed by atoms with Gasteiger partial charge in [-0.3, -0.25) is 4.90 Å². The highest BCUT2D eigenvalue weighted by Gasteiger charge is 2.28. The smallest absolute Gasteiger partial charge is 0.410 e. The normalized spacial score (nSPS) is 19.8. The van der Waals surface area contributed by atoms with Crippen LogP contribution < -0.4 is 5.32 Å². The first-order chi connectivity index (χ1) is 9.96. The van der Waals surface area contributed by atoms with E-state index in [9.17, 15) is 4.79 Å². The first kappa shape index (κ1) is 15.6. The highest BCUT2D eigenvalue weighted by atomic mass is 16.6. The van der Waals surface area contributed by atoms with Crippen LogP contribution in [0.15, 0.2) is 36.4 Å². The number of hydrogen-bond donors (Lipinski definition) is 1. The maximum Gasteiger partial charge on any atom is 0.410 e. The van der Waals surface area contributed by atoms with Crippen LogP contribution in [0.5, 0.6) is 0 Å². The Morgan fingerprint density at radius 2 is 2.05 bits per heavy atom. The molecule has 0 aliphatic carbocycles. The molecule has 1 fully saturated rings. The first-order valence-corrected chi connectivity index (χ1v) is 7.39. The van der Waals surface area contributed by atoms with E-state index in [4.69, 9.17) is 4.74 Å². The summed E-state index contributed by atoms with van der Waals surface area (Å²) >= 11 is 0. The van der Waals surface area contributed by atoms with Crippen molar-refractivity contribution in [3.8, 4) is 0 Å². The Labute approximate surface area is 126 Å². The van der Waals surface area contributed by atoms with Gasteiger partial charge in [0, 0.05) is 19.6 Å². The second-order valence-electron chi connectivity index (χ2n) is 6.22. The molecule has 0 unspecified atom stereocenters. The van der Waals surface area contributed by atoms with Crippen LogP contribution in [0.1, 0.15) is 26.3 Å². The largest absolute Gasteiger partial charge is 0.444 e. The molecule has 21 heavy (non-hydrogen) atoms. The average molecular weight is 288 g/mol. The van der Waals surface area contributed by atoms with E-state index >= 15 is 0 Å². The fraction of sp³-hybridized carbons (Fsp3) is 0.471. The number of piperazine rings is 1. The van der Waals surface area contributed by atoms with E-state index in [1.807, 2.05) is 51.1 Å². The molecule has 1 atom stereocenters. The van der Waals surface area contributed by atoms with Gasteiger partial charge in [0.1, 0.15) is 5.60 Å². The molecule has 4 nitrogen and oxygen atoms in total. The van der Waals surface area contributed by atoms with Crippen molar-refractivity contribution in [1.29, 1.82) is 0 Å². The summed E-state index contributed by atoms with van der Waals surface area (Å²) < 4.78 is 5.48. The number of ether oxygens (including phenoxy) is 1. The summed E-state index contributed by atoms with van der Waals surface area (Å²) in [7, 11) is 0. The maximum atomic E-state index is 12.3. The molecule has 1 saturated heterocycles. The van der Waals surface area contributed by atoms with Gasteiger partial charge in [0.2, 0.25) is 0 Å². The van der Waals surface area contributed by atoms with Crippen LogP contribution in [-0.4, -0.2) is 42.3 Å². The maximum absolute atomic E-state index is 12.3. The number of benzene rings is 1. The van der Waals surface area contributed by atoms with E-state index in [1.54, 1.807) is 4.90 Å². The lowest BCUT2D eigenvalue weighted by atomic mass is 10.1. The van der Waals surface area contributed by atoms with Gasteiger partial charge >= 0.3 is 6.09 Å². The third-order valence-electron chi connectivity index (χ3n) is 3.22. The fourth-order valence-corrected chi connectivity index (χ4v) is 2.23. The van der Waals surface area contributed by atoms with Crippen molar-refractivity contribution in [2.45, 2.75) is 32.4 Å². The van der Waals surface area contributed by atoms with Crippen LogP contribution in [0.3, 0.4) is 0 Å². The fourth-order valence-electron chi connectivity index (χ4n) is 2.23. The van der Waals surface area contributed by atoms with Gasteiger partial charge in [-0.2, -0.15) is 0 Å². The van der Waals surface area contributed by atoms with Crippen LogP contribution in [-0.2, 0) is 4.74 Å². The summed E-state index contributed by atoms with van der Waals surface area (Å²) in [5.74, 6) is 0. The second kappa shape index (κ2) is 6.76. The molecule has 0 aromatic heterocycles. The van der Waals surface area contributed by atoms with E-state index in [2.05, 4.69) is 17.5 Å². The summed E-state index contributed by atoms with van der Waals surface area (Å²) in [6.45, 7) is 7.89. The van der Waals surface area contributed by atoms with E-state index in [0.717, 1.165) is 18.7 Å². The molecule has 1 amide bonds. The van der Waals surface area contributed by atoms with Gasteiger partial charge in [-0.15, -0.1) is 0 Å². The molecule has 1 heterocycles. The zero-order valence-electron chi connectivity index (χ0n) is 13.0. The van der Waals surface area contributed by atoms with E-state index in [1.165, 1.54) is 0 Å². The monoisotopic (exact) mass is 288 g/mol. The predicted molar refractivity (Wildman–Crippen MR) is 85.1 cm³/mol. The Bertz CT molecular complexity index is 491. The molecule has 4 heteroatoms. The number of carbonyl (C=O) groups excluding carboxylic acids is 1. The van der Waals surface area contributed by atoms with E-state index in [-0.39, 0.29) is 12.1 Å². The van der Waals surface area contributed by atoms with Gasteiger partial charge in [-0.25, -0.2) is 4.79 Å². The summed E-state index contributed by atoms with van der Waals surface area (Å²) in [6.07, 6.45) is 3.87. The van der Waals surface area contributed by atoms with Crippen molar-refractivity contribution in [1.82, 2.24) is 10.2 Å². The molecule has 114 valence electrons. The van der Waals surface area contributed by atoms with E-state index in [0.29, 0.717) is 6.54 Å². The predicted octanol–water partition coefficient (Wildman–Crippen LogP) is 2.91. The Balaban J connectivity index is 2.05. The number of amides is 1. The Morgan fingerprint density at radius 1 is 1.33 bits per heavy atom. The Morgan fingerprint density at radius 3 is 2.71 bits per heavy atom. The minimum Gasteiger partial charge on any atom is -0.444 e. The molecule has 1 aromatic rings. The van der Waals surface area contributed by atoms with E-state index < -0.39 is 5.60 Å². The molecule has 1 aliphatic rings. The van der Waals surface area contributed by atoms with Crippen molar-refractivity contribution in [3.63, 3.8) is 0 Å². The minimum absolute atomic E-state index is 0.0220. The average Bonchev–Trinajstić information content (AvgIpc) is 2.45. The topological polar surface area (TPSA) is 41.6 Å². The molecule has 0 radical (unpaired) electrons. The Hall–Kier alpha value is -1.81. The van der Waals surface area contributed by atoms with Gasteiger partial charge < -0.3 is 10.1 Å². The highest BCUT2D eigenvalue weighted by molar-refractivity contribution is 5.69.